The first kappa shape index (κ1) is 21.9. The molecule has 0 aliphatic rings. The summed E-state index contributed by atoms with van der Waals surface area (Å²) in [6, 6.07) is 26.2. The Morgan fingerprint density at radius 3 is 1.73 bits per heavy atom. The van der Waals surface area contributed by atoms with Gasteiger partial charge in [-0.3, -0.25) is 0 Å². The van der Waals surface area contributed by atoms with Crippen LogP contribution in [0.1, 0.15) is 49.3 Å². The van der Waals surface area contributed by atoms with Gasteiger partial charge in [0, 0.05) is 6.07 Å². The molecule has 0 radical (unpaired) electrons. The highest BCUT2D eigenvalue weighted by atomic mass is 16.5. The Labute approximate surface area is 180 Å². The molecule has 3 rings (SSSR count). The number of ether oxygens (including phenoxy) is 2. The van der Waals surface area contributed by atoms with Crippen molar-refractivity contribution in [1.82, 2.24) is 0 Å². The molecule has 0 saturated carbocycles. The number of hydrogen-bond acceptors (Lipinski definition) is 3. The predicted octanol–water partition coefficient (Wildman–Crippen LogP) is 6.33. The molecular formula is C27H32O3. The van der Waals surface area contributed by atoms with Gasteiger partial charge in [0.05, 0.1) is 6.10 Å². The molecule has 0 amide bonds. The minimum Gasteiger partial charge on any atom is -0.489 e. The minimum atomic E-state index is -0.345. The van der Waals surface area contributed by atoms with E-state index < -0.39 is 0 Å². The van der Waals surface area contributed by atoms with E-state index in [-0.39, 0.29) is 6.10 Å². The van der Waals surface area contributed by atoms with E-state index in [1.54, 1.807) is 0 Å². The molecule has 3 nitrogen and oxygen atoms in total. The molecule has 0 aliphatic heterocycles. The topological polar surface area (TPSA) is 38.7 Å². The highest BCUT2D eigenvalue weighted by molar-refractivity contribution is 5.39. The molecule has 3 aromatic carbocycles. The van der Waals surface area contributed by atoms with Gasteiger partial charge in [-0.05, 0) is 41.7 Å². The maximum atomic E-state index is 10.4. The Bertz CT molecular complexity index is 800. The van der Waals surface area contributed by atoms with Crippen molar-refractivity contribution in [3.05, 3.63) is 95.6 Å². The molecule has 0 aromatic heterocycles. The van der Waals surface area contributed by atoms with Gasteiger partial charge in [-0.2, -0.15) is 0 Å². The summed E-state index contributed by atoms with van der Waals surface area (Å²) in [4.78, 5) is 0. The molecule has 0 bridgehead atoms. The van der Waals surface area contributed by atoms with Crippen molar-refractivity contribution in [2.75, 3.05) is 0 Å². The number of benzene rings is 3. The quantitative estimate of drug-likeness (QED) is 0.359. The molecule has 0 aliphatic carbocycles. The lowest BCUT2D eigenvalue weighted by atomic mass is 10.0. The Balaban J connectivity index is 1.69. The lowest BCUT2D eigenvalue weighted by Gasteiger charge is -2.15. The highest BCUT2D eigenvalue weighted by Crippen LogP contribution is 2.26. The molecule has 158 valence electrons. The third kappa shape index (κ3) is 7.57. The van der Waals surface area contributed by atoms with Gasteiger partial charge >= 0.3 is 0 Å². The molecule has 3 heteroatoms. The fraction of sp³-hybridized carbons (Fsp3) is 0.333. The van der Waals surface area contributed by atoms with Crippen molar-refractivity contribution in [3.63, 3.8) is 0 Å². The van der Waals surface area contributed by atoms with Gasteiger partial charge < -0.3 is 14.6 Å². The fourth-order valence-corrected chi connectivity index (χ4v) is 3.40. The Morgan fingerprint density at radius 1 is 0.700 bits per heavy atom. The predicted molar refractivity (Wildman–Crippen MR) is 122 cm³/mol. The van der Waals surface area contributed by atoms with E-state index in [1.807, 2.05) is 78.9 Å². The standard InChI is InChI=1S/C27H32O3/c1-2-3-6-15-25(28)16-24-17-26(29-20-22-11-7-4-8-12-22)19-27(18-24)30-21-23-13-9-5-10-14-23/h4-5,7-14,17-19,25,28H,2-3,6,15-16,20-21H2,1H3. The number of rotatable bonds is 12. The molecule has 1 unspecified atom stereocenters. The zero-order valence-electron chi connectivity index (χ0n) is 17.8. The van der Waals surface area contributed by atoms with Crippen LogP contribution in [0.25, 0.3) is 0 Å². The maximum Gasteiger partial charge on any atom is 0.123 e. The molecule has 0 saturated heterocycles. The maximum absolute atomic E-state index is 10.4. The summed E-state index contributed by atoms with van der Waals surface area (Å²) in [5.41, 5.74) is 3.27. The van der Waals surface area contributed by atoms with E-state index in [1.165, 1.54) is 0 Å². The van der Waals surface area contributed by atoms with Crippen molar-refractivity contribution >= 4 is 0 Å². The molecular weight excluding hydrogens is 372 g/mol. The summed E-state index contributed by atoms with van der Waals surface area (Å²) in [6.45, 7) is 3.18. The van der Waals surface area contributed by atoms with Gasteiger partial charge in [-0.25, -0.2) is 0 Å². The first-order valence-corrected chi connectivity index (χ1v) is 10.9. The van der Waals surface area contributed by atoms with E-state index in [9.17, 15) is 5.11 Å². The largest absolute Gasteiger partial charge is 0.489 e. The number of hydrogen-bond donors (Lipinski definition) is 1. The first-order valence-electron chi connectivity index (χ1n) is 10.9. The van der Waals surface area contributed by atoms with Crippen LogP contribution < -0.4 is 9.47 Å². The van der Waals surface area contributed by atoms with E-state index in [0.29, 0.717) is 19.6 Å². The first-order chi connectivity index (χ1) is 14.7. The normalized spacial score (nSPS) is 11.8. The smallest absolute Gasteiger partial charge is 0.123 e. The van der Waals surface area contributed by atoms with Crippen LogP contribution in [-0.2, 0) is 19.6 Å². The van der Waals surface area contributed by atoms with Crippen LogP contribution in [0.4, 0.5) is 0 Å². The van der Waals surface area contributed by atoms with Crippen LogP contribution in [0, 0.1) is 0 Å². The summed E-state index contributed by atoms with van der Waals surface area (Å²) >= 11 is 0. The second kappa shape index (κ2) is 12.0. The summed E-state index contributed by atoms with van der Waals surface area (Å²) in [6.07, 6.45) is 4.45. The van der Waals surface area contributed by atoms with E-state index in [0.717, 1.165) is 53.9 Å². The van der Waals surface area contributed by atoms with Crippen molar-refractivity contribution in [2.24, 2.45) is 0 Å². The summed E-state index contributed by atoms with van der Waals surface area (Å²) in [5, 5.41) is 10.4. The van der Waals surface area contributed by atoms with Crippen molar-refractivity contribution < 1.29 is 14.6 Å². The van der Waals surface area contributed by atoms with Crippen LogP contribution >= 0.6 is 0 Å². The van der Waals surface area contributed by atoms with Crippen molar-refractivity contribution in [2.45, 2.75) is 58.3 Å². The van der Waals surface area contributed by atoms with E-state index >= 15 is 0 Å². The number of unbranched alkanes of at least 4 members (excludes halogenated alkanes) is 2. The van der Waals surface area contributed by atoms with Gasteiger partial charge in [0.15, 0.2) is 0 Å². The average molecular weight is 405 g/mol. The lowest BCUT2D eigenvalue weighted by Crippen LogP contribution is -2.10. The molecule has 0 fully saturated rings. The average Bonchev–Trinajstić information content (AvgIpc) is 2.78. The SMILES string of the molecule is CCCCCC(O)Cc1cc(OCc2ccccc2)cc(OCc2ccccc2)c1. The number of aliphatic hydroxyl groups excluding tert-OH is 1. The molecule has 30 heavy (non-hydrogen) atoms. The highest BCUT2D eigenvalue weighted by Gasteiger charge is 2.10. The minimum absolute atomic E-state index is 0.345. The summed E-state index contributed by atoms with van der Waals surface area (Å²) in [7, 11) is 0. The third-order valence-corrected chi connectivity index (χ3v) is 5.05. The van der Waals surface area contributed by atoms with Gasteiger partial charge in [-0.1, -0.05) is 86.8 Å². The zero-order valence-corrected chi connectivity index (χ0v) is 17.8. The van der Waals surface area contributed by atoms with E-state index in [4.69, 9.17) is 9.47 Å². The Morgan fingerprint density at radius 2 is 1.23 bits per heavy atom. The van der Waals surface area contributed by atoms with Gasteiger partial charge in [-0.15, -0.1) is 0 Å². The van der Waals surface area contributed by atoms with Gasteiger partial charge in [0.1, 0.15) is 24.7 Å². The molecule has 3 aromatic rings. The Hall–Kier alpha value is -2.78. The lowest BCUT2D eigenvalue weighted by molar-refractivity contribution is 0.161. The van der Waals surface area contributed by atoms with Crippen LogP contribution in [0.5, 0.6) is 11.5 Å². The molecule has 1 N–H and O–H groups in total. The summed E-state index contributed by atoms with van der Waals surface area (Å²) < 4.78 is 12.1. The summed E-state index contributed by atoms with van der Waals surface area (Å²) in [5.74, 6) is 1.53. The Kier molecular flexibility index (Phi) is 8.80. The monoisotopic (exact) mass is 404 g/mol. The third-order valence-electron chi connectivity index (χ3n) is 5.05. The van der Waals surface area contributed by atoms with Gasteiger partial charge in [0.2, 0.25) is 0 Å². The second-order valence-electron chi connectivity index (χ2n) is 7.71. The van der Waals surface area contributed by atoms with Crippen LogP contribution in [-0.4, -0.2) is 11.2 Å². The number of aliphatic hydroxyl groups is 1. The fourth-order valence-electron chi connectivity index (χ4n) is 3.40. The van der Waals surface area contributed by atoms with Crippen molar-refractivity contribution in [1.29, 1.82) is 0 Å². The van der Waals surface area contributed by atoms with Crippen molar-refractivity contribution in [3.8, 4) is 11.5 Å². The van der Waals surface area contributed by atoms with Crippen LogP contribution in [0.15, 0.2) is 78.9 Å². The van der Waals surface area contributed by atoms with Crippen LogP contribution in [0.2, 0.25) is 0 Å². The molecule has 1 atom stereocenters. The van der Waals surface area contributed by atoms with Gasteiger partial charge in [0.25, 0.3) is 0 Å². The second-order valence-corrected chi connectivity index (χ2v) is 7.71. The molecule has 0 spiro atoms. The van der Waals surface area contributed by atoms with E-state index in [2.05, 4.69) is 6.92 Å². The molecule has 0 heterocycles. The van der Waals surface area contributed by atoms with Crippen LogP contribution in [0.3, 0.4) is 0 Å². The zero-order chi connectivity index (χ0) is 21.0.